The Morgan fingerprint density at radius 1 is 1.26 bits per heavy atom. The predicted octanol–water partition coefficient (Wildman–Crippen LogP) is 4.33. The molecular weight excluding hydrogens is 254 g/mol. The number of thiophene rings is 1. The number of nitrogens with one attached hydrogen (secondary N) is 1. The van der Waals surface area contributed by atoms with Crippen LogP contribution in [0.2, 0.25) is 0 Å². The molecule has 2 rings (SSSR count). The Morgan fingerprint density at radius 2 is 2.05 bits per heavy atom. The van der Waals surface area contributed by atoms with E-state index in [0.29, 0.717) is 6.04 Å². The normalized spacial score (nSPS) is 11.6. The fourth-order valence-electron chi connectivity index (χ4n) is 2.07. The third-order valence-corrected chi connectivity index (χ3v) is 4.26. The summed E-state index contributed by atoms with van der Waals surface area (Å²) < 4.78 is 7.12. The maximum Gasteiger partial charge on any atom is 0.0734 e. The van der Waals surface area contributed by atoms with Crippen LogP contribution in [0, 0.1) is 0 Å². The first kappa shape index (κ1) is 14.5. The first-order valence-corrected chi connectivity index (χ1v) is 7.84. The van der Waals surface area contributed by atoms with Gasteiger partial charge in [-0.15, -0.1) is 11.3 Å². The summed E-state index contributed by atoms with van der Waals surface area (Å²) in [5, 5.41) is 4.86. The van der Waals surface area contributed by atoms with E-state index in [1.54, 1.807) is 0 Å². The van der Waals surface area contributed by atoms with Gasteiger partial charge >= 0.3 is 0 Å². The molecule has 1 aromatic heterocycles. The molecule has 0 aliphatic carbocycles. The fraction of sp³-hybridized carbons (Fsp3) is 0.500. The summed E-state index contributed by atoms with van der Waals surface area (Å²) in [5.41, 5.74) is 1.36. The summed E-state index contributed by atoms with van der Waals surface area (Å²) in [6.07, 6.45) is 1.07. The lowest BCUT2D eigenvalue weighted by Gasteiger charge is -2.09. The third-order valence-electron chi connectivity index (χ3n) is 3.05. The maximum atomic E-state index is 5.76. The first-order chi connectivity index (χ1) is 9.22. The Morgan fingerprint density at radius 3 is 2.79 bits per heavy atom. The zero-order chi connectivity index (χ0) is 13.7. The van der Waals surface area contributed by atoms with Crippen LogP contribution >= 0.6 is 11.3 Å². The predicted molar refractivity (Wildman–Crippen MR) is 83.7 cm³/mol. The molecule has 0 atom stereocenters. The molecule has 0 aliphatic rings. The van der Waals surface area contributed by atoms with E-state index in [-0.39, 0.29) is 0 Å². The van der Waals surface area contributed by atoms with Crippen molar-refractivity contribution in [2.75, 3.05) is 6.61 Å². The van der Waals surface area contributed by atoms with Crippen LogP contribution in [0.25, 0.3) is 10.1 Å². The number of rotatable bonds is 7. The minimum atomic E-state index is 0.509. The molecule has 0 saturated heterocycles. The minimum absolute atomic E-state index is 0.509. The number of hydrogen-bond acceptors (Lipinski definition) is 3. The second-order valence-corrected chi connectivity index (χ2v) is 6.22. The molecular formula is C16H23NOS. The quantitative estimate of drug-likeness (QED) is 0.761. The van der Waals surface area contributed by atoms with Crippen molar-refractivity contribution in [1.82, 2.24) is 5.32 Å². The molecule has 0 fully saturated rings. The molecule has 0 radical (unpaired) electrons. The van der Waals surface area contributed by atoms with Crippen molar-refractivity contribution in [3.05, 3.63) is 34.7 Å². The summed E-state index contributed by atoms with van der Waals surface area (Å²) in [4.78, 5) is 1.41. The Labute approximate surface area is 119 Å². The van der Waals surface area contributed by atoms with Crippen LogP contribution in [0.4, 0.5) is 0 Å². The summed E-state index contributed by atoms with van der Waals surface area (Å²) in [7, 11) is 0. The molecule has 19 heavy (non-hydrogen) atoms. The van der Waals surface area contributed by atoms with Crippen molar-refractivity contribution < 1.29 is 4.74 Å². The van der Waals surface area contributed by atoms with Gasteiger partial charge in [-0.1, -0.05) is 39.0 Å². The zero-order valence-electron chi connectivity index (χ0n) is 12.0. The second kappa shape index (κ2) is 7.04. The van der Waals surface area contributed by atoms with Gasteiger partial charge in [0.15, 0.2) is 0 Å². The van der Waals surface area contributed by atoms with Crippen molar-refractivity contribution in [3.8, 4) is 0 Å². The van der Waals surface area contributed by atoms with Crippen LogP contribution in [0.5, 0.6) is 0 Å². The summed E-state index contributed by atoms with van der Waals surface area (Å²) in [6.45, 7) is 9.00. The smallest absolute Gasteiger partial charge is 0.0734 e. The van der Waals surface area contributed by atoms with E-state index in [1.807, 2.05) is 11.3 Å². The number of fused-ring (bicyclic) bond motifs is 1. The fourth-order valence-corrected chi connectivity index (χ4v) is 3.23. The van der Waals surface area contributed by atoms with Crippen LogP contribution in [-0.4, -0.2) is 12.6 Å². The van der Waals surface area contributed by atoms with Gasteiger partial charge in [-0.2, -0.15) is 0 Å². The van der Waals surface area contributed by atoms with Crippen molar-refractivity contribution in [2.45, 2.75) is 46.4 Å². The van der Waals surface area contributed by atoms with Gasteiger partial charge in [0.05, 0.1) is 6.61 Å². The Kier molecular flexibility index (Phi) is 5.37. The molecule has 2 aromatic rings. The SMILES string of the molecule is CCCOCc1c(CNC(C)C)sc2ccccc12. The highest BCUT2D eigenvalue weighted by Gasteiger charge is 2.12. The molecule has 1 N–H and O–H groups in total. The standard InChI is InChI=1S/C16H23NOS/c1-4-9-18-11-14-13-7-5-6-8-15(13)19-16(14)10-17-12(2)3/h5-8,12,17H,4,9-11H2,1-3H3. The van der Waals surface area contributed by atoms with E-state index < -0.39 is 0 Å². The highest BCUT2D eigenvalue weighted by atomic mass is 32.1. The molecule has 1 aromatic carbocycles. The summed E-state index contributed by atoms with van der Waals surface area (Å²) >= 11 is 1.88. The van der Waals surface area contributed by atoms with E-state index in [9.17, 15) is 0 Å². The molecule has 0 amide bonds. The third kappa shape index (κ3) is 3.78. The average Bonchev–Trinajstić information content (AvgIpc) is 2.75. The zero-order valence-corrected chi connectivity index (χ0v) is 12.8. The molecule has 0 bridgehead atoms. The van der Waals surface area contributed by atoms with Gasteiger partial charge in [0.1, 0.15) is 0 Å². The van der Waals surface area contributed by atoms with Gasteiger partial charge in [-0.05, 0) is 17.9 Å². The molecule has 104 valence electrons. The molecule has 2 nitrogen and oxygen atoms in total. The monoisotopic (exact) mass is 277 g/mol. The number of ether oxygens (including phenoxy) is 1. The Hall–Kier alpha value is -0.900. The lowest BCUT2D eigenvalue weighted by atomic mass is 10.1. The molecule has 3 heteroatoms. The highest BCUT2D eigenvalue weighted by Crippen LogP contribution is 2.31. The Bertz CT molecular complexity index is 518. The number of hydrogen-bond donors (Lipinski definition) is 1. The van der Waals surface area contributed by atoms with Gasteiger partial charge in [0, 0.05) is 34.3 Å². The topological polar surface area (TPSA) is 21.3 Å². The summed E-state index contributed by atoms with van der Waals surface area (Å²) in [6, 6.07) is 9.12. The van der Waals surface area contributed by atoms with Crippen LogP contribution in [0.3, 0.4) is 0 Å². The molecule has 0 spiro atoms. The van der Waals surface area contributed by atoms with Crippen LogP contribution in [0.1, 0.15) is 37.6 Å². The van der Waals surface area contributed by atoms with Crippen LogP contribution in [-0.2, 0) is 17.9 Å². The van der Waals surface area contributed by atoms with Gasteiger partial charge in [-0.3, -0.25) is 0 Å². The van der Waals surface area contributed by atoms with Gasteiger partial charge in [0.25, 0.3) is 0 Å². The van der Waals surface area contributed by atoms with Crippen molar-refractivity contribution in [3.63, 3.8) is 0 Å². The van der Waals surface area contributed by atoms with Crippen molar-refractivity contribution in [1.29, 1.82) is 0 Å². The van der Waals surface area contributed by atoms with Gasteiger partial charge in [-0.25, -0.2) is 0 Å². The lowest BCUT2D eigenvalue weighted by Crippen LogP contribution is -2.21. The van der Waals surface area contributed by atoms with Crippen molar-refractivity contribution >= 4 is 21.4 Å². The second-order valence-electron chi connectivity index (χ2n) is 5.09. The Balaban J connectivity index is 2.23. The van der Waals surface area contributed by atoms with Gasteiger partial charge in [0.2, 0.25) is 0 Å². The first-order valence-electron chi connectivity index (χ1n) is 7.02. The molecule has 1 heterocycles. The van der Waals surface area contributed by atoms with Crippen LogP contribution in [0.15, 0.2) is 24.3 Å². The largest absolute Gasteiger partial charge is 0.377 e. The van der Waals surface area contributed by atoms with E-state index in [1.165, 1.54) is 20.5 Å². The molecule has 0 unspecified atom stereocenters. The van der Waals surface area contributed by atoms with Gasteiger partial charge < -0.3 is 10.1 Å². The average molecular weight is 277 g/mol. The number of benzene rings is 1. The van der Waals surface area contributed by atoms with E-state index in [4.69, 9.17) is 4.74 Å². The van der Waals surface area contributed by atoms with E-state index in [0.717, 1.165) is 26.2 Å². The molecule has 0 saturated carbocycles. The van der Waals surface area contributed by atoms with Crippen LogP contribution < -0.4 is 5.32 Å². The maximum absolute atomic E-state index is 5.76. The van der Waals surface area contributed by atoms with Crippen molar-refractivity contribution in [2.24, 2.45) is 0 Å². The summed E-state index contributed by atoms with van der Waals surface area (Å²) in [5.74, 6) is 0. The minimum Gasteiger partial charge on any atom is -0.377 e. The highest BCUT2D eigenvalue weighted by molar-refractivity contribution is 7.19. The molecule has 0 aliphatic heterocycles. The van der Waals surface area contributed by atoms with E-state index >= 15 is 0 Å². The lowest BCUT2D eigenvalue weighted by molar-refractivity contribution is 0.122. The van der Waals surface area contributed by atoms with E-state index in [2.05, 4.69) is 50.4 Å².